The lowest BCUT2D eigenvalue weighted by molar-refractivity contribution is -0.161. The molecule has 1 unspecified atom stereocenters. The van der Waals surface area contributed by atoms with Crippen LogP contribution in [0.2, 0.25) is 0 Å². The van der Waals surface area contributed by atoms with Gasteiger partial charge in [0.25, 0.3) is 0 Å². The van der Waals surface area contributed by atoms with Gasteiger partial charge in [0.2, 0.25) is 0 Å². The smallest absolute Gasteiger partial charge is 0.323 e. The molecule has 0 heterocycles. The summed E-state index contributed by atoms with van der Waals surface area (Å²) >= 11 is 0. The van der Waals surface area contributed by atoms with Crippen molar-refractivity contribution < 1.29 is 19.1 Å². The molecule has 14 heavy (non-hydrogen) atoms. The minimum atomic E-state index is -1.07. The van der Waals surface area contributed by atoms with Crippen LogP contribution in [0, 0.1) is 11.3 Å². The number of carbonyl (C=O) groups excluding carboxylic acids is 2. The molecule has 0 N–H and O–H groups in total. The van der Waals surface area contributed by atoms with Crippen LogP contribution in [0.1, 0.15) is 13.3 Å². The van der Waals surface area contributed by atoms with Crippen LogP contribution >= 0.6 is 0 Å². The molecule has 0 spiro atoms. The molecule has 1 fully saturated rings. The van der Waals surface area contributed by atoms with Crippen LogP contribution in [-0.2, 0) is 19.1 Å². The van der Waals surface area contributed by atoms with Crippen LogP contribution in [-0.4, -0.2) is 26.2 Å². The molecule has 4 heteroatoms. The van der Waals surface area contributed by atoms with E-state index in [1.807, 2.05) is 19.1 Å². The second kappa shape index (κ2) is 3.82. The van der Waals surface area contributed by atoms with Gasteiger partial charge in [-0.1, -0.05) is 12.2 Å². The van der Waals surface area contributed by atoms with Crippen LogP contribution in [0.25, 0.3) is 0 Å². The van der Waals surface area contributed by atoms with Gasteiger partial charge in [0.05, 0.1) is 14.2 Å². The first-order chi connectivity index (χ1) is 6.63. The van der Waals surface area contributed by atoms with Gasteiger partial charge in [-0.25, -0.2) is 0 Å². The Morgan fingerprint density at radius 3 is 2.14 bits per heavy atom. The maximum Gasteiger partial charge on any atom is 0.323 e. The molecule has 0 aromatic carbocycles. The van der Waals surface area contributed by atoms with Gasteiger partial charge < -0.3 is 9.47 Å². The Morgan fingerprint density at radius 1 is 1.29 bits per heavy atom. The summed E-state index contributed by atoms with van der Waals surface area (Å²) in [5, 5.41) is 0. The highest BCUT2D eigenvalue weighted by Gasteiger charge is 2.66. The molecule has 0 saturated heterocycles. The Kier molecular flexibility index (Phi) is 2.93. The zero-order chi connectivity index (χ0) is 10.8. The number of hydrogen-bond acceptors (Lipinski definition) is 4. The molecule has 0 bridgehead atoms. The number of ether oxygens (including phenoxy) is 2. The summed E-state index contributed by atoms with van der Waals surface area (Å²) in [4.78, 5) is 22.8. The number of esters is 2. The summed E-state index contributed by atoms with van der Waals surface area (Å²) in [7, 11) is 2.55. The van der Waals surface area contributed by atoms with Crippen LogP contribution < -0.4 is 0 Å². The number of hydrogen-bond donors (Lipinski definition) is 0. The van der Waals surface area contributed by atoms with Gasteiger partial charge in [0, 0.05) is 5.92 Å². The zero-order valence-corrected chi connectivity index (χ0v) is 8.57. The van der Waals surface area contributed by atoms with Crippen molar-refractivity contribution in [2.75, 3.05) is 14.2 Å². The maximum atomic E-state index is 11.4. The molecular weight excluding hydrogens is 184 g/mol. The van der Waals surface area contributed by atoms with Gasteiger partial charge in [0.15, 0.2) is 5.41 Å². The molecule has 0 radical (unpaired) electrons. The van der Waals surface area contributed by atoms with Crippen molar-refractivity contribution in [2.24, 2.45) is 11.3 Å². The van der Waals surface area contributed by atoms with Crippen LogP contribution in [0.5, 0.6) is 0 Å². The van der Waals surface area contributed by atoms with E-state index in [0.29, 0.717) is 6.42 Å². The lowest BCUT2D eigenvalue weighted by Gasteiger charge is -2.10. The van der Waals surface area contributed by atoms with E-state index in [2.05, 4.69) is 9.47 Å². The van der Waals surface area contributed by atoms with E-state index < -0.39 is 17.4 Å². The van der Waals surface area contributed by atoms with Crippen molar-refractivity contribution in [3.63, 3.8) is 0 Å². The van der Waals surface area contributed by atoms with Gasteiger partial charge in [-0.3, -0.25) is 9.59 Å². The summed E-state index contributed by atoms with van der Waals surface area (Å²) in [6, 6.07) is 0. The first kappa shape index (κ1) is 10.8. The van der Waals surface area contributed by atoms with Gasteiger partial charge in [-0.15, -0.1) is 0 Å². The first-order valence-corrected chi connectivity index (χ1v) is 4.43. The molecule has 1 atom stereocenters. The van der Waals surface area contributed by atoms with Gasteiger partial charge in [-0.05, 0) is 13.3 Å². The molecule has 1 aliphatic rings. The van der Waals surface area contributed by atoms with E-state index in [-0.39, 0.29) is 5.92 Å². The Labute approximate surface area is 82.9 Å². The molecule has 0 aliphatic heterocycles. The van der Waals surface area contributed by atoms with E-state index in [9.17, 15) is 9.59 Å². The molecule has 78 valence electrons. The molecule has 0 aromatic rings. The third-order valence-electron chi connectivity index (χ3n) is 2.54. The van der Waals surface area contributed by atoms with Crippen LogP contribution in [0.4, 0.5) is 0 Å². The Hall–Kier alpha value is -1.32. The van der Waals surface area contributed by atoms with E-state index in [0.717, 1.165) is 0 Å². The molecule has 1 rings (SSSR count). The third-order valence-corrected chi connectivity index (χ3v) is 2.54. The Balaban J connectivity index is 2.86. The quantitative estimate of drug-likeness (QED) is 0.384. The number of rotatable bonds is 3. The predicted molar refractivity (Wildman–Crippen MR) is 49.4 cm³/mol. The lowest BCUT2D eigenvalue weighted by Crippen LogP contribution is -2.30. The molecule has 1 aliphatic carbocycles. The lowest BCUT2D eigenvalue weighted by atomic mass is 10.0. The van der Waals surface area contributed by atoms with Crippen molar-refractivity contribution in [3.8, 4) is 0 Å². The maximum absolute atomic E-state index is 11.4. The number of allylic oxidation sites excluding steroid dienone is 2. The molecule has 0 aromatic heterocycles. The second-order valence-corrected chi connectivity index (χ2v) is 3.29. The monoisotopic (exact) mass is 198 g/mol. The van der Waals surface area contributed by atoms with Crippen molar-refractivity contribution >= 4 is 11.9 Å². The summed E-state index contributed by atoms with van der Waals surface area (Å²) in [5.41, 5.74) is -1.07. The highest BCUT2D eigenvalue weighted by Crippen LogP contribution is 2.55. The fraction of sp³-hybridized carbons (Fsp3) is 0.600. The summed E-state index contributed by atoms with van der Waals surface area (Å²) in [5.74, 6) is -1.09. The van der Waals surface area contributed by atoms with Crippen molar-refractivity contribution in [2.45, 2.75) is 13.3 Å². The fourth-order valence-electron chi connectivity index (χ4n) is 1.67. The Bertz CT molecular complexity index is 264. The summed E-state index contributed by atoms with van der Waals surface area (Å²) < 4.78 is 9.21. The summed E-state index contributed by atoms with van der Waals surface area (Å²) in [6.45, 7) is 1.84. The van der Waals surface area contributed by atoms with Crippen LogP contribution in [0.3, 0.4) is 0 Å². The molecule has 0 amide bonds. The topological polar surface area (TPSA) is 52.6 Å². The average molecular weight is 198 g/mol. The van der Waals surface area contributed by atoms with Crippen molar-refractivity contribution in [3.05, 3.63) is 12.2 Å². The Morgan fingerprint density at radius 2 is 1.79 bits per heavy atom. The minimum Gasteiger partial charge on any atom is -0.468 e. The fourth-order valence-corrected chi connectivity index (χ4v) is 1.67. The molecule has 1 saturated carbocycles. The highest BCUT2D eigenvalue weighted by atomic mass is 16.5. The second-order valence-electron chi connectivity index (χ2n) is 3.29. The number of methoxy groups -OCH3 is 2. The number of carbonyl (C=O) groups is 2. The van der Waals surface area contributed by atoms with E-state index >= 15 is 0 Å². The normalized spacial score (nSPS) is 23.2. The van der Waals surface area contributed by atoms with E-state index in [1.54, 1.807) is 0 Å². The van der Waals surface area contributed by atoms with E-state index in [1.165, 1.54) is 14.2 Å². The van der Waals surface area contributed by atoms with E-state index in [4.69, 9.17) is 0 Å². The van der Waals surface area contributed by atoms with Gasteiger partial charge >= 0.3 is 11.9 Å². The third kappa shape index (κ3) is 1.41. The van der Waals surface area contributed by atoms with Gasteiger partial charge in [-0.2, -0.15) is 0 Å². The molecule has 4 nitrogen and oxygen atoms in total. The first-order valence-electron chi connectivity index (χ1n) is 4.43. The summed E-state index contributed by atoms with van der Waals surface area (Å²) in [6.07, 6.45) is 4.13. The molecular formula is C10H14O4. The van der Waals surface area contributed by atoms with Crippen LogP contribution in [0.15, 0.2) is 12.2 Å². The van der Waals surface area contributed by atoms with Gasteiger partial charge in [0.1, 0.15) is 0 Å². The minimum absolute atomic E-state index is 0.0765. The zero-order valence-electron chi connectivity index (χ0n) is 8.57. The predicted octanol–water partition coefficient (Wildman–Crippen LogP) is 0.915. The SMILES string of the molecule is C/C=C/C1CC1(C(=O)OC)C(=O)OC. The standard InChI is InChI=1S/C10H14O4/c1-4-5-7-6-10(7,8(11)13-2)9(12)14-3/h4-5,7H,6H2,1-3H3/b5-4+. The highest BCUT2D eigenvalue weighted by molar-refractivity contribution is 6.04. The van der Waals surface area contributed by atoms with Crippen molar-refractivity contribution in [1.82, 2.24) is 0 Å². The largest absolute Gasteiger partial charge is 0.468 e. The van der Waals surface area contributed by atoms with Crippen molar-refractivity contribution in [1.29, 1.82) is 0 Å². The average Bonchev–Trinajstić information content (AvgIpc) is 2.92.